The molecular formula is C29H35N9. The van der Waals surface area contributed by atoms with Gasteiger partial charge in [-0.15, -0.1) is 0 Å². The van der Waals surface area contributed by atoms with Crippen molar-refractivity contribution in [3.05, 3.63) is 84.1 Å². The molecular weight excluding hydrogens is 474 g/mol. The number of rotatable bonds is 9. The van der Waals surface area contributed by atoms with Gasteiger partial charge in [-0.2, -0.15) is 0 Å². The number of nitrogens with one attached hydrogen (secondary N) is 3. The van der Waals surface area contributed by atoms with E-state index in [0.717, 1.165) is 54.6 Å². The van der Waals surface area contributed by atoms with E-state index in [-0.39, 0.29) is 0 Å². The molecule has 4 heterocycles. The second-order valence-corrected chi connectivity index (χ2v) is 9.94. The molecule has 9 nitrogen and oxygen atoms in total. The molecule has 3 N–H and O–H groups in total. The van der Waals surface area contributed by atoms with Crippen LogP contribution >= 0.6 is 0 Å². The highest BCUT2D eigenvalue weighted by Gasteiger charge is 2.20. The van der Waals surface area contributed by atoms with Gasteiger partial charge in [0, 0.05) is 68.5 Å². The van der Waals surface area contributed by atoms with Crippen molar-refractivity contribution < 1.29 is 0 Å². The van der Waals surface area contributed by atoms with Crippen molar-refractivity contribution in [3.8, 4) is 11.5 Å². The number of hydrogen-bond acceptors (Lipinski definition) is 9. The molecule has 0 bridgehead atoms. The summed E-state index contributed by atoms with van der Waals surface area (Å²) in [7, 11) is 0. The maximum absolute atomic E-state index is 4.69. The topological polar surface area (TPSA) is 104 Å². The fourth-order valence-corrected chi connectivity index (χ4v) is 4.81. The largest absolute Gasteiger partial charge is 0.384 e. The van der Waals surface area contributed by atoms with Crippen LogP contribution in [0, 0.1) is 6.92 Å². The number of piperazine rings is 1. The molecule has 196 valence electrons. The van der Waals surface area contributed by atoms with Gasteiger partial charge in [-0.3, -0.25) is 4.90 Å². The van der Waals surface area contributed by atoms with Crippen molar-refractivity contribution in [1.82, 2.24) is 35.1 Å². The monoisotopic (exact) mass is 509 g/mol. The van der Waals surface area contributed by atoms with Crippen LogP contribution in [-0.4, -0.2) is 68.1 Å². The van der Waals surface area contributed by atoms with E-state index in [4.69, 9.17) is 4.98 Å². The number of benzene rings is 1. The molecule has 9 heteroatoms. The molecule has 0 unspecified atom stereocenters. The number of nitrogens with zero attached hydrogens (tertiary/aromatic N) is 6. The molecule has 0 amide bonds. The molecule has 2 atom stereocenters. The minimum Gasteiger partial charge on any atom is -0.384 e. The summed E-state index contributed by atoms with van der Waals surface area (Å²) < 4.78 is 0. The van der Waals surface area contributed by atoms with E-state index < -0.39 is 0 Å². The van der Waals surface area contributed by atoms with Gasteiger partial charge in [0.25, 0.3) is 0 Å². The van der Waals surface area contributed by atoms with E-state index in [2.05, 4.69) is 78.9 Å². The van der Waals surface area contributed by atoms with Crippen LogP contribution in [0.3, 0.4) is 0 Å². The Bertz CT molecular complexity index is 1330. The molecule has 0 radical (unpaired) electrons. The van der Waals surface area contributed by atoms with Gasteiger partial charge in [-0.1, -0.05) is 18.2 Å². The van der Waals surface area contributed by atoms with Gasteiger partial charge >= 0.3 is 0 Å². The fraction of sp³-hybridized carbons (Fsp3) is 0.345. The lowest BCUT2D eigenvalue weighted by atomic mass is 10.1. The van der Waals surface area contributed by atoms with Gasteiger partial charge in [-0.25, -0.2) is 24.9 Å². The second kappa shape index (κ2) is 12.1. The predicted molar refractivity (Wildman–Crippen MR) is 152 cm³/mol. The molecule has 1 aliphatic rings. The fourth-order valence-electron chi connectivity index (χ4n) is 4.81. The Balaban J connectivity index is 1.15. The van der Waals surface area contributed by atoms with Crippen LogP contribution in [0.15, 0.2) is 67.0 Å². The Kier molecular flexibility index (Phi) is 8.15. The Morgan fingerprint density at radius 2 is 1.61 bits per heavy atom. The van der Waals surface area contributed by atoms with Crippen LogP contribution in [0.5, 0.6) is 0 Å². The normalized spacial score (nSPS) is 17.8. The molecule has 1 aliphatic heterocycles. The zero-order valence-electron chi connectivity index (χ0n) is 22.2. The van der Waals surface area contributed by atoms with Gasteiger partial charge in [0.05, 0.1) is 0 Å². The number of anilines is 3. The summed E-state index contributed by atoms with van der Waals surface area (Å²) in [5.74, 6) is 2.65. The lowest BCUT2D eigenvalue weighted by molar-refractivity contribution is 0.179. The first-order valence-electron chi connectivity index (χ1n) is 13.2. The maximum atomic E-state index is 4.69. The van der Waals surface area contributed by atoms with E-state index in [9.17, 15) is 0 Å². The number of pyridine rings is 1. The van der Waals surface area contributed by atoms with Crippen LogP contribution < -0.4 is 16.0 Å². The van der Waals surface area contributed by atoms with Gasteiger partial charge in [-0.05, 0) is 62.7 Å². The summed E-state index contributed by atoms with van der Waals surface area (Å²) in [5, 5.41) is 10.4. The minimum atomic E-state index is 0.545. The van der Waals surface area contributed by atoms with Crippen LogP contribution in [-0.2, 0) is 6.42 Å². The lowest BCUT2D eigenvalue weighted by Crippen LogP contribution is -2.54. The van der Waals surface area contributed by atoms with Gasteiger partial charge in [0.1, 0.15) is 23.2 Å². The summed E-state index contributed by atoms with van der Waals surface area (Å²) in [5.41, 5.74) is 3.95. The molecule has 1 saturated heterocycles. The van der Waals surface area contributed by atoms with Crippen molar-refractivity contribution in [1.29, 1.82) is 0 Å². The van der Waals surface area contributed by atoms with E-state index in [1.165, 1.54) is 0 Å². The van der Waals surface area contributed by atoms with Crippen LogP contribution in [0.4, 0.5) is 17.3 Å². The van der Waals surface area contributed by atoms with Crippen molar-refractivity contribution in [2.24, 2.45) is 0 Å². The van der Waals surface area contributed by atoms with Crippen LogP contribution in [0.1, 0.15) is 30.9 Å². The first-order chi connectivity index (χ1) is 18.5. The van der Waals surface area contributed by atoms with Crippen LogP contribution in [0.25, 0.3) is 11.5 Å². The molecule has 0 saturated carbocycles. The summed E-state index contributed by atoms with van der Waals surface area (Å²) in [6, 6.07) is 19.1. The van der Waals surface area contributed by atoms with E-state index in [1.54, 1.807) is 12.4 Å². The molecule has 4 aromatic rings. The van der Waals surface area contributed by atoms with Crippen molar-refractivity contribution in [2.75, 3.05) is 36.8 Å². The van der Waals surface area contributed by atoms with Crippen molar-refractivity contribution >= 4 is 17.3 Å². The average molecular weight is 510 g/mol. The highest BCUT2D eigenvalue weighted by Crippen LogP contribution is 2.18. The van der Waals surface area contributed by atoms with Crippen molar-refractivity contribution in [2.45, 2.75) is 39.3 Å². The first kappa shape index (κ1) is 25.7. The van der Waals surface area contributed by atoms with Gasteiger partial charge in [0.15, 0.2) is 5.82 Å². The Hall–Kier alpha value is -3.95. The van der Waals surface area contributed by atoms with Gasteiger partial charge in [0.2, 0.25) is 0 Å². The molecule has 0 aliphatic carbocycles. The molecule has 1 aromatic carbocycles. The predicted octanol–water partition coefficient (Wildman–Crippen LogP) is 4.07. The third kappa shape index (κ3) is 7.08. The summed E-state index contributed by atoms with van der Waals surface area (Å²) in [4.78, 5) is 25.2. The molecule has 38 heavy (non-hydrogen) atoms. The Morgan fingerprint density at radius 3 is 2.37 bits per heavy atom. The number of hydrogen-bond donors (Lipinski definition) is 3. The van der Waals surface area contributed by atoms with E-state index >= 15 is 0 Å². The standard InChI is InChI=1S/C29H35N9/c1-20-5-4-6-25(34-20)29-32-14-12-27(37-29)35-26-11-13-31-28(36-26)17-23-7-9-24(10-8-23)30-15-16-38-18-21(2)33-22(3)19-38/h4-14,21-22,30,33H,15-19H2,1-3H3,(H,31,32,35,36,37)/t21-,22+. The molecule has 5 rings (SSSR count). The minimum absolute atomic E-state index is 0.545. The van der Waals surface area contributed by atoms with Crippen LogP contribution in [0.2, 0.25) is 0 Å². The lowest BCUT2D eigenvalue weighted by Gasteiger charge is -2.36. The number of aryl methyl sites for hydroxylation is 1. The third-order valence-corrected chi connectivity index (χ3v) is 6.44. The van der Waals surface area contributed by atoms with Gasteiger partial charge < -0.3 is 16.0 Å². The smallest absolute Gasteiger partial charge is 0.180 e. The summed E-state index contributed by atoms with van der Waals surface area (Å²) >= 11 is 0. The molecule has 3 aromatic heterocycles. The Morgan fingerprint density at radius 1 is 0.868 bits per heavy atom. The molecule has 0 spiro atoms. The zero-order chi connectivity index (χ0) is 26.3. The summed E-state index contributed by atoms with van der Waals surface area (Å²) in [6.07, 6.45) is 4.13. The third-order valence-electron chi connectivity index (χ3n) is 6.44. The maximum Gasteiger partial charge on any atom is 0.180 e. The van der Waals surface area contributed by atoms with E-state index in [0.29, 0.717) is 36.0 Å². The van der Waals surface area contributed by atoms with E-state index in [1.807, 2.05) is 37.3 Å². The zero-order valence-corrected chi connectivity index (χ0v) is 22.2. The second-order valence-electron chi connectivity index (χ2n) is 9.94. The number of aromatic nitrogens is 5. The van der Waals surface area contributed by atoms with Crippen molar-refractivity contribution in [3.63, 3.8) is 0 Å². The average Bonchev–Trinajstić information content (AvgIpc) is 2.90. The molecule has 1 fully saturated rings. The first-order valence-corrected chi connectivity index (χ1v) is 13.2. The SMILES string of the molecule is Cc1cccc(-c2nccc(Nc3ccnc(Cc4ccc(NCCN5C[C@@H](C)N[C@@H](C)C5)cc4)n3)n2)n1. The highest BCUT2D eigenvalue weighted by atomic mass is 15.2. The summed E-state index contributed by atoms with van der Waals surface area (Å²) in [6.45, 7) is 10.6. The highest BCUT2D eigenvalue weighted by molar-refractivity contribution is 5.56. The Labute approximate surface area is 224 Å². The quantitative estimate of drug-likeness (QED) is 0.308.